The number of aryl methyl sites for hydroxylation is 1. The van der Waals surface area contributed by atoms with Gasteiger partial charge in [-0.2, -0.15) is 5.10 Å². The maximum atomic E-state index is 6.37. The third-order valence-corrected chi connectivity index (χ3v) is 6.37. The fourth-order valence-corrected chi connectivity index (χ4v) is 5.23. The lowest BCUT2D eigenvalue weighted by Gasteiger charge is -2.47. The molecule has 4 rings (SSSR count). The van der Waals surface area contributed by atoms with Crippen molar-refractivity contribution in [1.82, 2.24) is 15.1 Å². The quantitative estimate of drug-likeness (QED) is 0.924. The van der Waals surface area contributed by atoms with E-state index in [-0.39, 0.29) is 5.60 Å². The molecule has 4 heterocycles. The molecule has 1 spiro atoms. The highest BCUT2D eigenvalue weighted by atomic mass is 32.1. The lowest BCUT2D eigenvalue weighted by molar-refractivity contribution is -0.110. The molecule has 2 aliphatic rings. The first-order valence-corrected chi connectivity index (χ1v) is 8.93. The molecule has 1 fully saturated rings. The summed E-state index contributed by atoms with van der Waals surface area (Å²) in [7, 11) is 0. The smallest absolute Gasteiger partial charge is 0.105 e. The topological polar surface area (TPSA) is 41.2 Å². The maximum Gasteiger partial charge on any atom is 0.105 e. The van der Waals surface area contributed by atoms with E-state index in [4.69, 9.17) is 4.74 Å². The minimum Gasteiger partial charge on any atom is -0.369 e. The fourth-order valence-electron chi connectivity index (χ4n) is 3.98. The molecule has 2 aromatic rings. The van der Waals surface area contributed by atoms with E-state index in [0.29, 0.717) is 6.04 Å². The van der Waals surface area contributed by atoms with Crippen LogP contribution in [0.25, 0.3) is 0 Å². The Morgan fingerprint density at radius 3 is 3.23 bits per heavy atom. The van der Waals surface area contributed by atoms with Crippen molar-refractivity contribution in [2.75, 3.05) is 13.2 Å². The zero-order valence-corrected chi connectivity index (χ0v) is 14.1. The second-order valence-corrected chi connectivity index (χ2v) is 7.94. The Balaban J connectivity index is 1.55. The van der Waals surface area contributed by atoms with Crippen LogP contribution in [0.3, 0.4) is 0 Å². The number of likely N-dealkylation sites (tertiary alicyclic amines) is 1. The van der Waals surface area contributed by atoms with Crippen molar-refractivity contribution >= 4 is 11.3 Å². The van der Waals surface area contributed by atoms with E-state index in [1.807, 2.05) is 23.7 Å². The molecule has 0 radical (unpaired) electrons. The Bertz CT molecular complexity index is 651. The molecule has 2 aliphatic heterocycles. The molecule has 1 saturated heterocycles. The summed E-state index contributed by atoms with van der Waals surface area (Å²) in [6.45, 7) is 7.48. The van der Waals surface area contributed by atoms with Crippen molar-refractivity contribution in [3.8, 4) is 0 Å². The molecule has 22 heavy (non-hydrogen) atoms. The number of H-pyrrole nitrogens is 1. The predicted molar refractivity (Wildman–Crippen MR) is 88.1 cm³/mol. The predicted octanol–water partition coefficient (Wildman–Crippen LogP) is 3.23. The SMILES string of the molecule is Cc1cc2c(s1)[C@]1(CCN(Cc3cn[nH]c3)[C@@H](C)C1)OCC2. The lowest BCUT2D eigenvalue weighted by Crippen LogP contribution is -2.49. The van der Waals surface area contributed by atoms with Crippen LogP contribution in [0.15, 0.2) is 18.5 Å². The third-order valence-electron chi connectivity index (χ3n) is 5.09. The number of ether oxygens (including phenoxy) is 1. The van der Waals surface area contributed by atoms with E-state index in [0.717, 1.165) is 39.0 Å². The number of aromatic nitrogens is 2. The van der Waals surface area contributed by atoms with Crippen molar-refractivity contribution in [1.29, 1.82) is 0 Å². The summed E-state index contributed by atoms with van der Waals surface area (Å²) in [6.07, 6.45) is 7.19. The van der Waals surface area contributed by atoms with Gasteiger partial charge in [-0.25, -0.2) is 0 Å². The molecule has 2 atom stereocenters. The Morgan fingerprint density at radius 2 is 2.45 bits per heavy atom. The highest BCUT2D eigenvalue weighted by Gasteiger charge is 2.44. The summed E-state index contributed by atoms with van der Waals surface area (Å²) in [4.78, 5) is 5.48. The van der Waals surface area contributed by atoms with Gasteiger partial charge in [0.1, 0.15) is 5.60 Å². The summed E-state index contributed by atoms with van der Waals surface area (Å²) >= 11 is 1.95. The first kappa shape index (κ1) is 14.4. The molecule has 0 unspecified atom stereocenters. The molecule has 0 saturated carbocycles. The van der Waals surface area contributed by atoms with Gasteiger partial charge >= 0.3 is 0 Å². The summed E-state index contributed by atoms with van der Waals surface area (Å²) < 4.78 is 6.37. The van der Waals surface area contributed by atoms with Gasteiger partial charge in [-0.1, -0.05) is 0 Å². The molecule has 0 amide bonds. The minimum atomic E-state index is -0.0289. The van der Waals surface area contributed by atoms with Crippen LogP contribution in [0.4, 0.5) is 0 Å². The molecular formula is C17H23N3OS. The molecule has 0 aromatic carbocycles. The summed E-state index contributed by atoms with van der Waals surface area (Å²) in [6, 6.07) is 2.89. The fraction of sp³-hybridized carbons (Fsp3) is 0.588. The van der Waals surface area contributed by atoms with Gasteiger partial charge in [-0.05, 0) is 44.7 Å². The number of hydrogen-bond donors (Lipinski definition) is 1. The number of piperidine rings is 1. The van der Waals surface area contributed by atoms with E-state index in [2.05, 4.69) is 35.0 Å². The van der Waals surface area contributed by atoms with Crippen LogP contribution in [0.5, 0.6) is 0 Å². The lowest BCUT2D eigenvalue weighted by atomic mass is 9.82. The minimum absolute atomic E-state index is 0.0289. The van der Waals surface area contributed by atoms with Gasteiger partial charge in [0.15, 0.2) is 0 Å². The van der Waals surface area contributed by atoms with Crippen LogP contribution >= 0.6 is 11.3 Å². The van der Waals surface area contributed by atoms with Crippen LogP contribution in [0.1, 0.15) is 40.6 Å². The van der Waals surface area contributed by atoms with Gasteiger partial charge in [0.25, 0.3) is 0 Å². The Kier molecular flexibility index (Phi) is 3.59. The Hall–Kier alpha value is -1.17. The van der Waals surface area contributed by atoms with Gasteiger partial charge in [0, 0.05) is 40.6 Å². The van der Waals surface area contributed by atoms with Gasteiger partial charge in [0.05, 0.1) is 12.8 Å². The number of fused-ring (bicyclic) bond motifs is 2. The first-order chi connectivity index (χ1) is 10.7. The van der Waals surface area contributed by atoms with Crippen LogP contribution in [0, 0.1) is 6.92 Å². The van der Waals surface area contributed by atoms with Crippen LogP contribution < -0.4 is 0 Å². The zero-order chi connectivity index (χ0) is 15.2. The Morgan fingerprint density at radius 1 is 1.55 bits per heavy atom. The van der Waals surface area contributed by atoms with Gasteiger partial charge in [-0.3, -0.25) is 10.00 Å². The van der Waals surface area contributed by atoms with Crippen LogP contribution in [-0.4, -0.2) is 34.3 Å². The number of rotatable bonds is 2. The van der Waals surface area contributed by atoms with Crippen molar-refractivity contribution < 1.29 is 4.74 Å². The first-order valence-electron chi connectivity index (χ1n) is 8.12. The van der Waals surface area contributed by atoms with Crippen molar-refractivity contribution in [2.45, 2.75) is 51.3 Å². The molecule has 0 aliphatic carbocycles. The number of nitrogens with one attached hydrogen (secondary N) is 1. The molecule has 4 nitrogen and oxygen atoms in total. The Labute approximate surface area is 135 Å². The van der Waals surface area contributed by atoms with Gasteiger partial charge < -0.3 is 4.74 Å². The molecule has 0 bridgehead atoms. The molecule has 1 N–H and O–H groups in total. The van der Waals surface area contributed by atoms with E-state index in [9.17, 15) is 0 Å². The van der Waals surface area contributed by atoms with Crippen molar-refractivity contribution in [3.05, 3.63) is 39.3 Å². The molecule has 2 aromatic heterocycles. The highest BCUT2D eigenvalue weighted by Crippen LogP contribution is 2.46. The molecule has 5 heteroatoms. The standard InChI is InChI=1S/C17H23N3OS/c1-12-8-17(4-5-20(12)11-14-9-18-19-10-14)16-15(3-6-21-17)7-13(2)22-16/h7,9-10,12H,3-6,8,11H2,1-2H3,(H,18,19)/t12-,17+/m0/s1. The van der Waals surface area contributed by atoms with E-state index < -0.39 is 0 Å². The number of thiophene rings is 1. The largest absolute Gasteiger partial charge is 0.369 e. The second kappa shape index (κ2) is 5.48. The van der Waals surface area contributed by atoms with E-state index in [1.165, 1.54) is 20.9 Å². The highest BCUT2D eigenvalue weighted by molar-refractivity contribution is 7.12. The average Bonchev–Trinajstić information content (AvgIpc) is 3.12. The van der Waals surface area contributed by atoms with E-state index in [1.54, 1.807) is 0 Å². The van der Waals surface area contributed by atoms with Crippen molar-refractivity contribution in [2.24, 2.45) is 0 Å². The van der Waals surface area contributed by atoms with Gasteiger partial charge in [0.2, 0.25) is 0 Å². The van der Waals surface area contributed by atoms with Gasteiger partial charge in [-0.15, -0.1) is 11.3 Å². The van der Waals surface area contributed by atoms with Crippen molar-refractivity contribution in [3.63, 3.8) is 0 Å². The zero-order valence-electron chi connectivity index (χ0n) is 13.3. The van der Waals surface area contributed by atoms with E-state index >= 15 is 0 Å². The van der Waals surface area contributed by atoms with Crippen LogP contribution in [0.2, 0.25) is 0 Å². The second-order valence-electron chi connectivity index (χ2n) is 6.68. The molecule has 118 valence electrons. The number of hydrogen-bond acceptors (Lipinski definition) is 4. The third kappa shape index (κ3) is 2.41. The monoisotopic (exact) mass is 317 g/mol. The summed E-state index contributed by atoms with van der Waals surface area (Å²) in [5.74, 6) is 0. The normalized spacial score (nSPS) is 28.9. The summed E-state index contributed by atoms with van der Waals surface area (Å²) in [5.41, 5.74) is 2.77. The maximum absolute atomic E-state index is 6.37. The summed E-state index contributed by atoms with van der Waals surface area (Å²) in [5, 5.41) is 6.96. The van der Waals surface area contributed by atoms with Crippen LogP contribution in [-0.2, 0) is 23.3 Å². The average molecular weight is 317 g/mol. The molecular weight excluding hydrogens is 294 g/mol. The number of nitrogens with zero attached hydrogens (tertiary/aromatic N) is 2. The number of aromatic amines is 1.